The van der Waals surface area contributed by atoms with Gasteiger partial charge >= 0.3 is 11.9 Å². The highest BCUT2D eigenvalue weighted by Crippen LogP contribution is 2.02. The third-order valence-corrected chi connectivity index (χ3v) is 1.55. The highest BCUT2D eigenvalue weighted by Gasteiger charge is 2.10. The molecule has 0 bridgehead atoms. The zero-order valence-corrected chi connectivity index (χ0v) is 8.03. The van der Waals surface area contributed by atoms with E-state index in [-0.39, 0.29) is 11.7 Å². The zero-order chi connectivity index (χ0) is 10.4. The Morgan fingerprint density at radius 3 is 2.46 bits per heavy atom. The molecule has 0 aliphatic rings. The average Bonchev–Trinajstić information content (AvgIpc) is 2.02. The van der Waals surface area contributed by atoms with Crippen LogP contribution in [0.25, 0.3) is 0 Å². The second-order valence-electron chi connectivity index (χ2n) is 2.79. The van der Waals surface area contributed by atoms with Crippen molar-refractivity contribution in [3.63, 3.8) is 0 Å². The first-order valence-corrected chi connectivity index (χ1v) is 4.09. The van der Waals surface area contributed by atoms with E-state index in [1.165, 1.54) is 6.92 Å². The van der Waals surface area contributed by atoms with Crippen molar-refractivity contribution in [3.8, 4) is 0 Å². The summed E-state index contributed by atoms with van der Waals surface area (Å²) in [6, 6.07) is 0. The number of esters is 1. The summed E-state index contributed by atoms with van der Waals surface area (Å²) in [5, 5.41) is 8.34. The molecule has 4 heteroatoms. The summed E-state index contributed by atoms with van der Waals surface area (Å²) in [6.45, 7) is 5.05. The molecule has 0 saturated carbocycles. The smallest absolute Gasteiger partial charge is 0.334 e. The Balaban J connectivity index is 4.19. The highest BCUT2D eigenvalue weighted by atomic mass is 16.5. The first-order valence-electron chi connectivity index (χ1n) is 4.09. The lowest BCUT2D eigenvalue weighted by Gasteiger charge is -2.10. The second-order valence-corrected chi connectivity index (χ2v) is 2.79. The van der Waals surface area contributed by atoms with Crippen LogP contribution in [0.15, 0.2) is 11.6 Å². The van der Waals surface area contributed by atoms with Gasteiger partial charge in [-0.2, -0.15) is 0 Å². The zero-order valence-electron chi connectivity index (χ0n) is 8.03. The SMILES string of the molecule is CCC(C)OC(=O)C(C)=CC(=O)O. The predicted octanol–water partition coefficient (Wildman–Crippen LogP) is 1.36. The van der Waals surface area contributed by atoms with Crippen LogP contribution >= 0.6 is 0 Å². The van der Waals surface area contributed by atoms with Gasteiger partial charge in [-0.1, -0.05) is 6.92 Å². The Hall–Kier alpha value is -1.32. The summed E-state index contributed by atoms with van der Waals surface area (Å²) >= 11 is 0. The van der Waals surface area contributed by atoms with Crippen LogP contribution in [0.4, 0.5) is 0 Å². The quantitative estimate of drug-likeness (QED) is 0.531. The van der Waals surface area contributed by atoms with E-state index in [1.54, 1.807) is 6.92 Å². The standard InChI is InChI=1S/C9H14O4/c1-4-7(3)13-9(12)6(2)5-8(10)11/h5,7H,4H2,1-3H3,(H,10,11). The number of aliphatic carboxylic acids is 1. The topological polar surface area (TPSA) is 63.6 Å². The molecule has 0 amide bonds. The number of hydrogen-bond donors (Lipinski definition) is 1. The van der Waals surface area contributed by atoms with Crippen LogP contribution in [-0.4, -0.2) is 23.1 Å². The number of hydrogen-bond acceptors (Lipinski definition) is 3. The van der Waals surface area contributed by atoms with Gasteiger partial charge in [0.25, 0.3) is 0 Å². The molecule has 0 aromatic carbocycles. The minimum absolute atomic E-state index is 0.104. The van der Waals surface area contributed by atoms with Gasteiger partial charge in [0.2, 0.25) is 0 Å². The first-order chi connectivity index (χ1) is 5.97. The summed E-state index contributed by atoms with van der Waals surface area (Å²) in [7, 11) is 0. The van der Waals surface area contributed by atoms with Crippen LogP contribution < -0.4 is 0 Å². The molecule has 0 radical (unpaired) electrons. The summed E-state index contributed by atoms with van der Waals surface area (Å²) in [6.07, 6.45) is 1.38. The minimum Gasteiger partial charge on any atom is -0.478 e. The summed E-state index contributed by atoms with van der Waals surface area (Å²) in [5.74, 6) is -1.71. The maximum absolute atomic E-state index is 11.1. The fourth-order valence-corrected chi connectivity index (χ4v) is 0.603. The Morgan fingerprint density at radius 2 is 2.08 bits per heavy atom. The number of carboxylic acids is 1. The molecule has 0 spiro atoms. The predicted molar refractivity (Wildman–Crippen MR) is 47.2 cm³/mol. The summed E-state index contributed by atoms with van der Waals surface area (Å²) in [4.78, 5) is 21.3. The molecule has 0 fully saturated rings. The molecule has 0 aliphatic carbocycles. The molecular weight excluding hydrogens is 172 g/mol. The third-order valence-electron chi connectivity index (χ3n) is 1.55. The van der Waals surface area contributed by atoms with Gasteiger partial charge in [-0.3, -0.25) is 0 Å². The van der Waals surface area contributed by atoms with Crippen LogP contribution in [0.2, 0.25) is 0 Å². The lowest BCUT2D eigenvalue weighted by molar-refractivity contribution is -0.144. The molecule has 0 heterocycles. The Kier molecular flexibility index (Phi) is 4.80. The van der Waals surface area contributed by atoms with E-state index in [0.29, 0.717) is 6.42 Å². The lowest BCUT2D eigenvalue weighted by Crippen LogP contribution is -2.15. The molecule has 4 nitrogen and oxygen atoms in total. The van der Waals surface area contributed by atoms with Crippen LogP contribution in [0, 0.1) is 0 Å². The van der Waals surface area contributed by atoms with Crippen molar-refractivity contribution in [1.29, 1.82) is 0 Å². The van der Waals surface area contributed by atoms with E-state index in [9.17, 15) is 9.59 Å². The van der Waals surface area contributed by atoms with Crippen LogP contribution in [0.3, 0.4) is 0 Å². The van der Waals surface area contributed by atoms with Crippen molar-refractivity contribution in [2.24, 2.45) is 0 Å². The molecule has 0 saturated heterocycles. The van der Waals surface area contributed by atoms with E-state index < -0.39 is 11.9 Å². The van der Waals surface area contributed by atoms with Crippen LogP contribution in [0.5, 0.6) is 0 Å². The van der Waals surface area contributed by atoms with E-state index in [0.717, 1.165) is 6.08 Å². The third kappa shape index (κ3) is 5.00. The minimum atomic E-state index is -1.14. The van der Waals surface area contributed by atoms with E-state index in [2.05, 4.69) is 0 Å². The average molecular weight is 186 g/mol. The summed E-state index contributed by atoms with van der Waals surface area (Å²) in [5.41, 5.74) is 0.104. The van der Waals surface area contributed by atoms with Crippen molar-refractivity contribution in [3.05, 3.63) is 11.6 Å². The van der Waals surface area contributed by atoms with Gasteiger partial charge in [0.15, 0.2) is 0 Å². The Bertz CT molecular complexity index is 230. The van der Waals surface area contributed by atoms with Gasteiger partial charge in [0.1, 0.15) is 0 Å². The van der Waals surface area contributed by atoms with Crippen molar-refractivity contribution in [2.45, 2.75) is 33.3 Å². The molecule has 13 heavy (non-hydrogen) atoms. The molecular formula is C9H14O4. The normalized spacial score (nSPS) is 13.6. The fraction of sp³-hybridized carbons (Fsp3) is 0.556. The van der Waals surface area contributed by atoms with E-state index in [4.69, 9.17) is 9.84 Å². The maximum atomic E-state index is 11.1. The number of rotatable bonds is 4. The van der Waals surface area contributed by atoms with Gasteiger partial charge in [0.05, 0.1) is 6.10 Å². The van der Waals surface area contributed by atoms with Gasteiger partial charge in [-0.15, -0.1) is 0 Å². The van der Waals surface area contributed by atoms with Crippen LogP contribution in [-0.2, 0) is 14.3 Å². The Labute approximate surface area is 77.2 Å². The molecule has 1 unspecified atom stereocenters. The van der Waals surface area contributed by atoms with Gasteiger partial charge in [-0.25, -0.2) is 9.59 Å². The monoisotopic (exact) mass is 186 g/mol. The number of carboxylic acid groups (broad SMARTS) is 1. The van der Waals surface area contributed by atoms with Gasteiger partial charge in [0, 0.05) is 11.6 Å². The Morgan fingerprint density at radius 1 is 1.54 bits per heavy atom. The molecule has 74 valence electrons. The molecule has 1 atom stereocenters. The second kappa shape index (κ2) is 5.35. The largest absolute Gasteiger partial charge is 0.478 e. The molecule has 0 aliphatic heterocycles. The van der Waals surface area contributed by atoms with Gasteiger partial charge < -0.3 is 9.84 Å². The van der Waals surface area contributed by atoms with Crippen molar-refractivity contribution < 1.29 is 19.4 Å². The van der Waals surface area contributed by atoms with Crippen molar-refractivity contribution in [1.82, 2.24) is 0 Å². The number of carbonyl (C=O) groups excluding carboxylic acids is 1. The highest BCUT2D eigenvalue weighted by molar-refractivity contribution is 5.95. The van der Waals surface area contributed by atoms with E-state index in [1.807, 2.05) is 6.92 Å². The number of ether oxygens (including phenoxy) is 1. The number of carbonyl (C=O) groups is 2. The maximum Gasteiger partial charge on any atom is 0.334 e. The van der Waals surface area contributed by atoms with Crippen molar-refractivity contribution in [2.75, 3.05) is 0 Å². The lowest BCUT2D eigenvalue weighted by atomic mass is 10.2. The fourth-order valence-electron chi connectivity index (χ4n) is 0.603. The van der Waals surface area contributed by atoms with Crippen molar-refractivity contribution >= 4 is 11.9 Å². The van der Waals surface area contributed by atoms with Gasteiger partial charge in [-0.05, 0) is 20.3 Å². The summed E-state index contributed by atoms with van der Waals surface area (Å²) < 4.78 is 4.89. The van der Waals surface area contributed by atoms with Crippen LogP contribution in [0.1, 0.15) is 27.2 Å². The molecule has 1 N–H and O–H groups in total. The molecule has 0 rings (SSSR count). The first kappa shape index (κ1) is 11.7. The molecule has 0 aromatic heterocycles. The van der Waals surface area contributed by atoms with E-state index >= 15 is 0 Å². The molecule has 0 aromatic rings.